The molecular formula is C20H17ClN4OS2. The second-order valence-electron chi connectivity index (χ2n) is 6.30. The van der Waals surface area contributed by atoms with Crippen LogP contribution in [0.5, 0.6) is 0 Å². The standard InChI is InChI=1S/C20H17ClN4OS2/c21-15-7-5-13(6-8-15)19-23-24-20(27)25(19)11-18(26)22-10-9-14-12-28-17-4-2-1-3-16(14)17/h1-8,12H,9-11H2,(H,22,26)(H,24,27). The maximum absolute atomic E-state index is 12.5. The summed E-state index contributed by atoms with van der Waals surface area (Å²) in [6.45, 7) is 0.679. The van der Waals surface area contributed by atoms with Crippen LogP contribution in [0.15, 0.2) is 53.9 Å². The molecule has 1 amide bonds. The van der Waals surface area contributed by atoms with Crippen LogP contribution in [0.3, 0.4) is 0 Å². The summed E-state index contributed by atoms with van der Waals surface area (Å²) in [6, 6.07) is 15.6. The topological polar surface area (TPSA) is 62.7 Å². The fraction of sp³-hybridized carbons (Fsp3) is 0.150. The van der Waals surface area contributed by atoms with Gasteiger partial charge in [0.1, 0.15) is 6.54 Å². The van der Waals surface area contributed by atoms with E-state index in [-0.39, 0.29) is 12.5 Å². The van der Waals surface area contributed by atoms with Crippen LogP contribution >= 0.6 is 35.2 Å². The number of aromatic nitrogens is 3. The Hall–Kier alpha value is -2.48. The first-order valence-corrected chi connectivity index (χ1v) is 10.4. The van der Waals surface area contributed by atoms with Gasteiger partial charge in [-0.1, -0.05) is 29.8 Å². The number of thiophene rings is 1. The average Bonchev–Trinajstić information content (AvgIpc) is 3.27. The van der Waals surface area contributed by atoms with Crippen LogP contribution in [0, 0.1) is 4.77 Å². The minimum absolute atomic E-state index is 0.104. The van der Waals surface area contributed by atoms with Crippen molar-refractivity contribution in [2.24, 2.45) is 0 Å². The van der Waals surface area contributed by atoms with Crippen molar-refractivity contribution in [3.8, 4) is 11.4 Å². The molecule has 0 spiro atoms. The third-order valence-corrected chi connectivity index (χ3v) is 6.02. The first-order valence-electron chi connectivity index (χ1n) is 8.75. The van der Waals surface area contributed by atoms with Gasteiger partial charge < -0.3 is 5.32 Å². The Morgan fingerprint density at radius 2 is 2.00 bits per heavy atom. The number of H-pyrrole nitrogens is 1. The van der Waals surface area contributed by atoms with Gasteiger partial charge in [-0.15, -0.1) is 11.3 Å². The van der Waals surface area contributed by atoms with Crippen LogP contribution in [0.2, 0.25) is 5.02 Å². The molecular weight excluding hydrogens is 412 g/mol. The van der Waals surface area contributed by atoms with E-state index in [0.29, 0.717) is 22.2 Å². The summed E-state index contributed by atoms with van der Waals surface area (Å²) in [5, 5.41) is 14.0. The van der Waals surface area contributed by atoms with Crippen LogP contribution in [0.25, 0.3) is 21.5 Å². The van der Waals surface area contributed by atoms with Gasteiger partial charge in [0.2, 0.25) is 5.91 Å². The van der Waals surface area contributed by atoms with Gasteiger partial charge in [-0.3, -0.25) is 14.5 Å². The van der Waals surface area contributed by atoms with E-state index in [2.05, 4.69) is 33.0 Å². The van der Waals surface area contributed by atoms with E-state index in [1.165, 1.54) is 15.6 Å². The number of halogens is 1. The Bertz CT molecular complexity index is 1180. The zero-order chi connectivity index (χ0) is 19.5. The van der Waals surface area contributed by atoms with Crippen molar-refractivity contribution >= 4 is 51.1 Å². The lowest BCUT2D eigenvalue weighted by Crippen LogP contribution is -2.29. The lowest BCUT2D eigenvalue weighted by molar-refractivity contribution is -0.121. The average molecular weight is 429 g/mol. The van der Waals surface area contributed by atoms with E-state index in [1.807, 2.05) is 24.3 Å². The number of rotatable bonds is 6. The second-order valence-corrected chi connectivity index (χ2v) is 8.04. The fourth-order valence-corrected chi connectivity index (χ4v) is 4.37. The number of fused-ring (bicyclic) bond motifs is 1. The molecule has 0 aliphatic rings. The Labute approximate surface area is 176 Å². The number of nitrogens with one attached hydrogen (secondary N) is 2. The van der Waals surface area contributed by atoms with Crippen molar-refractivity contribution in [2.45, 2.75) is 13.0 Å². The van der Waals surface area contributed by atoms with E-state index < -0.39 is 0 Å². The number of carbonyl (C=O) groups is 1. The number of carbonyl (C=O) groups excluding carboxylic acids is 1. The Morgan fingerprint density at radius 3 is 2.82 bits per heavy atom. The third kappa shape index (κ3) is 4.01. The molecule has 2 aromatic heterocycles. The van der Waals surface area contributed by atoms with Crippen molar-refractivity contribution in [3.05, 3.63) is 69.3 Å². The van der Waals surface area contributed by atoms with Gasteiger partial charge in [0.15, 0.2) is 10.6 Å². The lowest BCUT2D eigenvalue weighted by atomic mass is 10.1. The van der Waals surface area contributed by atoms with Crippen LogP contribution in [0.1, 0.15) is 5.56 Å². The van der Waals surface area contributed by atoms with Crippen molar-refractivity contribution in [2.75, 3.05) is 6.54 Å². The summed E-state index contributed by atoms with van der Waals surface area (Å²) in [7, 11) is 0. The Morgan fingerprint density at radius 1 is 1.21 bits per heavy atom. The molecule has 0 atom stereocenters. The molecule has 8 heteroatoms. The molecule has 0 aliphatic heterocycles. The molecule has 0 fully saturated rings. The molecule has 4 rings (SSSR count). The molecule has 4 aromatic rings. The van der Waals surface area contributed by atoms with E-state index in [1.54, 1.807) is 28.0 Å². The van der Waals surface area contributed by atoms with Gasteiger partial charge in [-0.05, 0) is 65.3 Å². The zero-order valence-corrected chi connectivity index (χ0v) is 17.2. The highest BCUT2D eigenvalue weighted by Crippen LogP contribution is 2.25. The number of hydrogen-bond acceptors (Lipinski definition) is 4. The molecule has 28 heavy (non-hydrogen) atoms. The molecule has 142 valence electrons. The summed E-state index contributed by atoms with van der Waals surface area (Å²) < 4.78 is 3.36. The molecule has 0 saturated heterocycles. The highest BCUT2D eigenvalue weighted by molar-refractivity contribution is 7.71. The van der Waals surface area contributed by atoms with Crippen molar-refractivity contribution < 1.29 is 4.79 Å². The maximum Gasteiger partial charge on any atom is 0.240 e. The molecule has 5 nitrogen and oxygen atoms in total. The largest absolute Gasteiger partial charge is 0.354 e. The normalized spacial score (nSPS) is 11.0. The Kier molecular flexibility index (Phi) is 5.57. The van der Waals surface area contributed by atoms with E-state index in [0.717, 1.165) is 12.0 Å². The monoisotopic (exact) mass is 428 g/mol. The zero-order valence-electron chi connectivity index (χ0n) is 14.8. The fourth-order valence-electron chi connectivity index (χ4n) is 3.05. The van der Waals surface area contributed by atoms with Gasteiger partial charge >= 0.3 is 0 Å². The quantitative estimate of drug-likeness (QED) is 0.432. The van der Waals surface area contributed by atoms with Crippen LogP contribution in [-0.4, -0.2) is 27.2 Å². The number of hydrogen-bond donors (Lipinski definition) is 2. The minimum Gasteiger partial charge on any atom is -0.354 e. The molecule has 0 unspecified atom stereocenters. The first-order chi connectivity index (χ1) is 13.6. The number of benzene rings is 2. The molecule has 2 N–H and O–H groups in total. The van der Waals surface area contributed by atoms with Gasteiger partial charge in [0, 0.05) is 21.8 Å². The maximum atomic E-state index is 12.5. The van der Waals surface area contributed by atoms with Crippen molar-refractivity contribution in [1.82, 2.24) is 20.1 Å². The molecule has 0 radical (unpaired) electrons. The van der Waals surface area contributed by atoms with E-state index in [9.17, 15) is 4.79 Å². The summed E-state index contributed by atoms with van der Waals surface area (Å²) in [6.07, 6.45) is 0.788. The van der Waals surface area contributed by atoms with Gasteiger partial charge in [0.05, 0.1) is 0 Å². The summed E-state index contributed by atoms with van der Waals surface area (Å²) in [5.41, 5.74) is 2.09. The SMILES string of the molecule is O=C(Cn1c(-c2ccc(Cl)cc2)n[nH]c1=S)NCCc1csc2ccccc12. The summed E-state index contributed by atoms with van der Waals surface area (Å²) in [4.78, 5) is 12.5. The molecule has 0 aliphatic carbocycles. The highest BCUT2D eigenvalue weighted by atomic mass is 35.5. The lowest BCUT2D eigenvalue weighted by Gasteiger charge is -2.08. The van der Waals surface area contributed by atoms with Gasteiger partial charge in [-0.25, -0.2) is 0 Å². The molecule has 2 heterocycles. The van der Waals surface area contributed by atoms with E-state index >= 15 is 0 Å². The van der Waals surface area contributed by atoms with Crippen LogP contribution in [-0.2, 0) is 17.8 Å². The van der Waals surface area contributed by atoms with Gasteiger partial charge in [-0.2, -0.15) is 5.10 Å². The molecule has 0 saturated carbocycles. The third-order valence-electron chi connectivity index (χ3n) is 4.44. The Balaban J connectivity index is 1.41. The second kappa shape index (κ2) is 8.26. The number of amides is 1. The first kappa shape index (κ1) is 18.9. The number of aromatic amines is 1. The van der Waals surface area contributed by atoms with Crippen LogP contribution in [0.4, 0.5) is 0 Å². The van der Waals surface area contributed by atoms with Crippen molar-refractivity contribution in [3.63, 3.8) is 0 Å². The van der Waals surface area contributed by atoms with Crippen molar-refractivity contribution in [1.29, 1.82) is 0 Å². The molecule has 0 bridgehead atoms. The highest BCUT2D eigenvalue weighted by Gasteiger charge is 2.12. The van der Waals surface area contributed by atoms with Crippen LogP contribution < -0.4 is 5.32 Å². The van der Waals surface area contributed by atoms with Gasteiger partial charge in [0.25, 0.3) is 0 Å². The summed E-state index contributed by atoms with van der Waals surface area (Å²) >= 11 is 13.0. The number of nitrogens with zero attached hydrogens (tertiary/aromatic N) is 2. The minimum atomic E-state index is -0.104. The predicted molar refractivity (Wildman–Crippen MR) is 116 cm³/mol. The summed E-state index contributed by atoms with van der Waals surface area (Å²) in [5.74, 6) is 0.507. The predicted octanol–water partition coefficient (Wildman–Crippen LogP) is 4.83. The smallest absolute Gasteiger partial charge is 0.240 e. The molecule has 2 aromatic carbocycles. The van der Waals surface area contributed by atoms with E-state index in [4.69, 9.17) is 23.8 Å².